The fraction of sp³-hybridized carbons (Fsp3) is 0.444. The van der Waals surface area contributed by atoms with Crippen LogP contribution in [0.3, 0.4) is 0 Å². The molecule has 0 bridgehead atoms. The van der Waals surface area contributed by atoms with Gasteiger partial charge in [-0.15, -0.1) is 0 Å². The largest absolute Gasteiger partial charge is 0.504 e. The number of amides is 1. The number of hydrogen-bond donors (Lipinski definition) is 6. The van der Waals surface area contributed by atoms with Gasteiger partial charge in [-0.05, 0) is 92.4 Å². The summed E-state index contributed by atoms with van der Waals surface area (Å²) in [5.41, 5.74) is 3.16. The second-order valence-electron chi connectivity index (χ2n) is 11.2. The Morgan fingerprint density at radius 1 is 0.870 bits per heavy atom. The fourth-order valence-electron chi connectivity index (χ4n) is 5.03. The zero-order chi connectivity index (χ0) is 34.1. The third-order valence-electron chi connectivity index (χ3n) is 7.86. The number of aliphatic hydroxyl groups is 1. The number of aromatic hydroxyl groups is 2. The number of carboxylic acids is 1. The third-order valence-corrected chi connectivity index (χ3v) is 7.86. The maximum atomic E-state index is 12.8. The van der Waals surface area contributed by atoms with Gasteiger partial charge < -0.3 is 40.5 Å². The Morgan fingerprint density at radius 3 is 1.98 bits per heavy atom. The van der Waals surface area contributed by atoms with Crippen molar-refractivity contribution in [3.8, 4) is 23.0 Å². The van der Waals surface area contributed by atoms with Crippen molar-refractivity contribution in [3.05, 3.63) is 83.4 Å². The number of phenolic OH excluding ortho intramolecular Hbond substituents is 2. The van der Waals surface area contributed by atoms with E-state index in [9.17, 15) is 30.0 Å². The normalized spacial score (nSPS) is 13.3. The van der Waals surface area contributed by atoms with E-state index in [-0.39, 0.29) is 23.8 Å². The minimum absolute atomic E-state index is 0.0613. The molecule has 0 aliphatic carbocycles. The van der Waals surface area contributed by atoms with Crippen molar-refractivity contribution in [1.29, 1.82) is 0 Å². The molecule has 0 fully saturated rings. The first-order valence-electron chi connectivity index (χ1n) is 15.7. The lowest BCUT2D eigenvalue weighted by atomic mass is 9.89. The van der Waals surface area contributed by atoms with Gasteiger partial charge in [0.25, 0.3) is 0 Å². The molecule has 6 N–H and O–H groups in total. The maximum absolute atomic E-state index is 12.8. The molecule has 0 aromatic heterocycles. The van der Waals surface area contributed by atoms with Gasteiger partial charge in [0, 0.05) is 0 Å². The van der Waals surface area contributed by atoms with Crippen molar-refractivity contribution in [3.63, 3.8) is 0 Å². The quantitative estimate of drug-likeness (QED) is 0.110. The number of carbonyl (C=O) groups is 2. The standard InChI is InChI=1S/C27H38N2O6.C9H12O2/c1-4-20(21-10-6-5-7-11-21)16-23(30)18(2)29-27(34)22(17-26(32)33)28-14-8-9-19-12-13-25(35-3)24(31)15-19;1-3-7-4-5-9(11-2)8(10)6-7/h5-7,10-13,15,18,20,22-23,28,30-31H,4,8-9,14,16-17H2,1-3H3,(H,29,34)(H,32,33);4-6,10H,3H2,1-2H3/t18?,20-,22?,23?;/m0./s1. The average molecular weight is 639 g/mol. The second-order valence-corrected chi connectivity index (χ2v) is 11.2. The van der Waals surface area contributed by atoms with Gasteiger partial charge in [-0.25, -0.2) is 0 Å². The molecule has 1 amide bonds. The van der Waals surface area contributed by atoms with Gasteiger partial charge in [0.1, 0.15) is 0 Å². The molecular weight excluding hydrogens is 588 g/mol. The first kappa shape index (κ1) is 37.9. The molecule has 0 aliphatic rings. The number of aliphatic carboxylic acids is 1. The number of aryl methyl sites for hydroxylation is 2. The highest BCUT2D eigenvalue weighted by Crippen LogP contribution is 2.28. The van der Waals surface area contributed by atoms with Crippen LogP contribution in [0.25, 0.3) is 0 Å². The van der Waals surface area contributed by atoms with E-state index in [1.807, 2.05) is 49.4 Å². The molecule has 3 rings (SSSR count). The monoisotopic (exact) mass is 638 g/mol. The van der Waals surface area contributed by atoms with Crippen LogP contribution in [0.4, 0.5) is 0 Å². The molecule has 0 heterocycles. The summed E-state index contributed by atoms with van der Waals surface area (Å²) in [6, 6.07) is 19.1. The van der Waals surface area contributed by atoms with Crippen LogP contribution in [0.5, 0.6) is 23.0 Å². The number of carboxylic acid groups (broad SMARTS) is 1. The van der Waals surface area contributed by atoms with Gasteiger partial charge >= 0.3 is 5.97 Å². The third kappa shape index (κ3) is 12.6. The van der Waals surface area contributed by atoms with E-state index < -0.39 is 30.1 Å². The summed E-state index contributed by atoms with van der Waals surface area (Å²) in [5, 5.41) is 45.0. The Bertz CT molecular complexity index is 1350. The number of aliphatic hydroxyl groups excluding tert-OH is 1. The van der Waals surface area contributed by atoms with Gasteiger partial charge in [-0.1, -0.05) is 56.3 Å². The van der Waals surface area contributed by atoms with Gasteiger partial charge in [0.15, 0.2) is 23.0 Å². The number of carbonyl (C=O) groups excluding carboxylic acids is 1. The predicted octanol–water partition coefficient (Wildman–Crippen LogP) is 5.18. The lowest BCUT2D eigenvalue weighted by molar-refractivity contribution is -0.140. The Labute approximate surface area is 272 Å². The summed E-state index contributed by atoms with van der Waals surface area (Å²) in [4.78, 5) is 24.1. The molecule has 10 nitrogen and oxygen atoms in total. The van der Waals surface area contributed by atoms with Crippen molar-refractivity contribution >= 4 is 11.9 Å². The van der Waals surface area contributed by atoms with E-state index in [0.29, 0.717) is 37.3 Å². The number of hydrogen-bond acceptors (Lipinski definition) is 8. The molecular formula is C36H50N2O8. The lowest BCUT2D eigenvalue weighted by Gasteiger charge is -2.26. The highest BCUT2D eigenvalue weighted by atomic mass is 16.5. The molecule has 10 heteroatoms. The first-order chi connectivity index (χ1) is 22.0. The molecule has 3 unspecified atom stereocenters. The highest BCUT2D eigenvalue weighted by Gasteiger charge is 2.26. The molecule has 0 radical (unpaired) electrons. The van der Waals surface area contributed by atoms with Gasteiger partial charge in [-0.3, -0.25) is 9.59 Å². The molecule has 252 valence electrons. The van der Waals surface area contributed by atoms with E-state index in [4.69, 9.17) is 9.47 Å². The van der Waals surface area contributed by atoms with Crippen LogP contribution < -0.4 is 20.1 Å². The average Bonchev–Trinajstić information content (AvgIpc) is 3.05. The van der Waals surface area contributed by atoms with Crippen molar-refractivity contribution in [2.75, 3.05) is 20.8 Å². The first-order valence-corrected chi connectivity index (χ1v) is 15.7. The second kappa shape index (κ2) is 20.0. The van der Waals surface area contributed by atoms with Crippen LogP contribution in [0.1, 0.15) is 69.1 Å². The zero-order valence-electron chi connectivity index (χ0n) is 27.5. The molecule has 46 heavy (non-hydrogen) atoms. The number of phenols is 2. The van der Waals surface area contributed by atoms with Crippen LogP contribution in [0, 0.1) is 0 Å². The highest BCUT2D eigenvalue weighted by molar-refractivity contribution is 5.86. The van der Waals surface area contributed by atoms with Gasteiger partial charge in [0.05, 0.1) is 38.8 Å². The Balaban J connectivity index is 0.000000562. The number of rotatable bonds is 17. The topological polar surface area (TPSA) is 158 Å². The summed E-state index contributed by atoms with van der Waals surface area (Å²) < 4.78 is 9.93. The van der Waals surface area contributed by atoms with Gasteiger partial charge in [0.2, 0.25) is 5.91 Å². The Morgan fingerprint density at radius 2 is 1.46 bits per heavy atom. The SMILES string of the molecule is CC[C@@H](CC(O)C(C)NC(=O)C(CC(=O)O)NCCCc1ccc(OC)c(O)c1)c1ccccc1.CCc1ccc(OC)c(O)c1. The van der Waals surface area contributed by atoms with Crippen molar-refractivity contribution < 1.29 is 39.5 Å². The van der Waals surface area contributed by atoms with Crippen LogP contribution in [0.2, 0.25) is 0 Å². The fourth-order valence-corrected chi connectivity index (χ4v) is 5.03. The summed E-state index contributed by atoms with van der Waals surface area (Å²) >= 11 is 0. The van der Waals surface area contributed by atoms with Crippen LogP contribution >= 0.6 is 0 Å². The molecule has 0 saturated carbocycles. The molecule has 3 aromatic rings. The molecule has 0 spiro atoms. The van der Waals surface area contributed by atoms with Gasteiger partial charge in [-0.2, -0.15) is 0 Å². The van der Waals surface area contributed by atoms with E-state index in [1.54, 1.807) is 38.3 Å². The molecule has 4 atom stereocenters. The zero-order valence-corrected chi connectivity index (χ0v) is 27.5. The summed E-state index contributed by atoms with van der Waals surface area (Å²) in [6.07, 6.45) is 2.43. The smallest absolute Gasteiger partial charge is 0.305 e. The summed E-state index contributed by atoms with van der Waals surface area (Å²) in [5.74, 6) is -0.165. The summed E-state index contributed by atoms with van der Waals surface area (Å²) in [6.45, 7) is 6.25. The maximum Gasteiger partial charge on any atom is 0.305 e. The number of benzene rings is 3. The minimum Gasteiger partial charge on any atom is -0.504 e. The van der Waals surface area contributed by atoms with Crippen molar-refractivity contribution in [2.45, 2.75) is 83.4 Å². The Hall–Kier alpha value is -4.28. The van der Waals surface area contributed by atoms with Crippen LogP contribution in [-0.4, -0.2) is 71.3 Å². The molecule has 0 aliphatic heterocycles. The Kier molecular flexibility index (Phi) is 16.5. The summed E-state index contributed by atoms with van der Waals surface area (Å²) in [7, 11) is 3.03. The number of methoxy groups -OCH3 is 2. The van der Waals surface area contributed by atoms with E-state index in [0.717, 1.165) is 29.5 Å². The van der Waals surface area contributed by atoms with Crippen molar-refractivity contribution in [2.24, 2.45) is 0 Å². The number of nitrogens with one attached hydrogen (secondary N) is 2. The van der Waals surface area contributed by atoms with E-state index in [2.05, 4.69) is 17.6 Å². The van der Waals surface area contributed by atoms with E-state index >= 15 is 0 Å². The van der Waals surface area contributed by atoms with Crippen LogP contribution in [-0.2, 0) is 22.4 Å². The van der Waals surface area contributed by atoms with Crippen LogP contribution in [0.15, 0.2) is 66.7 Å². The molecule has 3 aromatic carbocycles. The van der Waals surface area contributed by atoms with Crippen molar-refractivity contribution in [1.82, 2.24) is 10.6 Å². The number of ether oxygens (including phenoxy) is 2. The lowest BCUT2D eigenvalue weighted by Crippen LogP contribution is -2.51. The minimum atomic E-state index is -1.08. The predicted molar refractivity (Wildman–Crippen MR) is 179 cm³/mol. The molecule has 0 saturated heterocycles. The van der Waals surface area contributed by atoms with E-state index in [1.165, 1.54) is 7.11 Å².